The van der Waals surface area contributed by atoms with Gasteiger partial charge in [-0.2, -0.15) is 0 Å². The van der Waals surface area contributed by atoms with Gasteiger partial charge in [-0.15, -0.1) is 0 Å². The molecule has 6 heteroatoms. The van der Waals surface area contributed by atoms with Crippen LogP contribution in [-0.4, -0.2) is 43.9 Å². The van der Waals surface area contributed by atoms with Gasteiger partial charge in [0.25, 0.3) is 0 Å². The molecule has 1 aromatic rings. The summed E-state index contributed by atoms with van der Waals surface area (Å²) >= 11 is 5.81. The fourth-order valence-corrected chi connectivity index (χ4v) is 2.36. The van der Waals surface area contributed by atoms with E-state index in [1.165, 1.54) is 0 Å². The first-order valence-electron chi connectivity index (χ1n) is 7.44. The Balaban J connectivity index is 1.85. The van der Waals surface area contributed by atoms with E-state index in [4.69, 9.17) is 11.6 Å². The Morgan fingerprint density at radius 2 is 1.82 bits per heavy atom. The van der Waals surface area contributed by atoms with E-state index in [1.54, 1.807) is 24.3 Å². The second-order valence-electron chi connectivity index (χ2n) is 5.96. The number of nitrogens with zero attached hydrogens (tertiary/aromatic N) is 1. The Kier molecular flexibility index (Phi) is 5.42. The van der Waals surface area contributed by atoms with Crippen molar-refractivity contribution < 1.29 is 9.59 Å². The summed E-state index contributed by atoms with van der Waals surface area (Å²) in [6.45, 7) is 1.50. The number of carbonyl (C=O) groups excluding carboxylic acids is 2. The monoisotopic (exact) mass is 323 g/mol. The molecule has 1 fully saturated rings. The summed E-state index contributed by atoms with van der Waals surface area (Å²) < 4.78 is 0. The Morgan fingerprint density at radius 3 is 2.36 bits per heavy atom. The average molecular weight is 324 g/mol. The van der Waals surface area contributed by atoms with Crippen molar-refractivity contribution in [1.29, 1.82) is 0 Å². The van der Waals surface area contributed by atoms with Crippen LogP contribution in [0.15, 0.2) is 24.3 Å². The molecule has 2 N–H and O–H groups in total. The fourth-order valence-electron chi connectivity index (χ4n) is 2.23. The van der Waals surface area contributed by atoms with Crippen LogP contribution < -0.4 is 10.6 Å². The average Bonchev–Trinajstić information content (AvgIpc) is 3.27. The molecule has 5 nitrogen and oxygen atoms in total. The van der Waals surface area contributed by atoms with Crippen molar-refractivity contribution in [1.82, 2.24) is 10.2 Å². The number of hydrogen-bond acceptors (Lipinski definition) is 3. The van der Waals surface area contributed by atoms with Gasteiger partial charge in [0.1, 0.15) is 5.41 Å². The van der Waals surface area contributed by atoms with Crippen molar-refractivity contribution in [3.63, 3.8) is 0 Å². The van der Waals surface area contributed by atoms with Crippen molar-refractivity contribution in [2.75, 3.05) is 32.5 Å². The molecular formula is C16H22ClN3O2. The van der Waals surface area contributed by atoms with Crippen molar-refractivity contribution in [2.45, 2.75) is 19.3 Å². The Hall–Kier alpha value is -1.59. The summed E-state index contributed by atoms with van der Waals surface area (Å²) in [7, 11) is 3.98. The van der Waals surface area contributed by atoms with Gasteiger partial charge in [0.05, 0.1) is 0 Å². The van der Waals surface area contributed by atoms with Gasteiger partial charge < -0.3 is 15.5 Å². The highest BCUT2D eigenvalue weighted by molar-refractivity contribution is 6.30. The maximum Gasteiger partial charge on any atom is 0.240 e. The summed E-state index contributed by atoms with van der Waals surface area (Å²) in [6.07, 6.45) is 2.07. The van der Waals surface area contributed by atoms with Gasteiger partial charge in [-0.3, -0.25) is 9.59 Å². The fraction of sp³-hybridized carbons (Fsp3) is 0.500. The van der Waals surface area contributed by atoms with Gasteiger partial charge >= 0.3 is 0 Å². The van der Waals surface area contributed by atoms with Gasteiger partial charge in [0.2, 0.25) is 11.8 Å². The quantitative estimate of drug-likeness (QED) is 0.597. The van der Waals surface area contributed by atoms with Crippen molar-refractivity contribution in [3.05, 3.63) is 29.3 Å². The molecule has 0 spiro atoms. The molecule has 0 aliphatic heterocycles. The van der Waals surface area contributed by atoms with Crippen LogP contribution >= 0.6 is 11.6 Å². The van der Waals surface area contributed by atoms with Gasteiger partial charge in [-0.05, 0) is 64.2 Å². The van der Waals surface area contributed by atoms with E-state index < -0.39 is 5.41 Å². The number of halogens is 1. The standard InChI is InChI=1S/C16H22ClN3O2/c1-20(2)11-3-10-18-14(21)16(8-9-16)15(22)19-13-6-4-12(17)5-7-13/h4-7H,3,8-11H2,1-2H3,(H,18,21)(H,19,22). The molecule has 120 valence electrons. The minimum atomic E-state index is -0.891. The van der Waals surface area contributed by atoms with E-state index in [2.05, 4.69) is 15.5 Å². The lowest BCUT2D eigenvalue weighted by Gasteiger charge is -2.16. The third kappa shape index (κ3) is 4.21. The van der Waals surface area contributed by atoms with Crippen molar-refractivity contribution >= 4 is 29.1 Å². The van der Waals surface area contributed by atoms with E-state index in [-0.39, 0.29) is 11.8 Å². The lowest BCUT2D eigenvalue weighted by molar-refractivity contribution is -0.134. The van der Waals surface area contributed by atoms with Crippen molar-refractivity contribution in [3.8, 4) is 0 Å². The first kappa shape index (κ1) is 16.8. The number of benzene rings is 1. The lowest BCUT2D eigenvalue weighted by atomic mass is 10.0. The first-order chi connectivity index (χ1) is 10.4. The zero-order chi connectivity index (χ0) is 16.2. The Bertz CT molecular complexity index is 539. The number of anilines is 1. The molecule has 0 saturated heterocycles. The summed E-state index contributed by atoms with van der Waals surface area (Å²) in [4.78, 5) is 26.7. The second-order valence-corrected chi connectivity index (χ2v) is 6.39. The predicted octanol–water partition coefficient (Wildman–Crippen LogP) is 2.13. The highest BCUT2D eigenvalue weighted by Gasteiger charge is 2.56. The molecule has 0 bridgehead atoms. The van der Waals surface area contributed by atoms with E-state index in [0.717, 1.165) is 13.0 Å². The van der Waals surface area contributed by atoms with Crippen molar-refractivity contribution in [2.24, 2.45) is 5.41 Å². The molecule has 2 amide bonds. The maximum atomic E-state index is 12.4. The second kappa shape index (κ2) is 7.11. The predicted molar refractivity (Wildman–Crippen MR) is 87.9 cm³/mol. The molecule has 22 heavy (non-hydrogen) atoms. The maximum absolute atomic E-state index is 12.4. The van der Waals surface area contributed by atoms with Crippen LogP contribution in [0.25, 0.3) is 0 Å². The summed E-state index contributed by atoms with van der Waals surface area (Å²) in [5, 5.41) is 6.27. The van der Waals surface area contributed by atoms with Gasteiger partial charge in [-0.1, -0.05) is 11.6 Å². The topological polar surface area (TPSA) is 61.4 Å². The number of amides is 2. The summed E-state index contributed by atoms with van der Waals surface area (Å²) in [5.74, 6) is -0.405. The van der Waals surface area contributed by atoms with Gasteiger partial charge in [-0.25, -0.2) is 0 Å². The first-order valence-corrected chi connectivity index (χ1v) is 7.82. The lowest BCUT2D eigenvalue weighted by Crippen LogP contribution is -2.40. The third-order valence-electron chi connectivity index (χ3n) is 3.79. The Labute approximate surface area is 136 Å². The van der Waals surface area contributed by atoms with E-state index in [9.17, 15) is 9.59 Å². The summed E-state index contributed by atoms with van der Waals surface area (Å²) in [5.41, 5.74) is -0.237. The minimum Gasteiger partial charge on any atom is -0.355 e. The zero-order valence-electron chi connectivity index (χ0n) is 13.0. The third-order valence-corrected chi connectivity index (χ3v) is 4.04. The SMILES string of the molecule is CN(C)CCCNC(=O)C1(C(=O)Nc2ccc(Cl)cc2)CC1. The number of hydrogen-bond donors (Lipinski definition) is 2. The highest BCUT2D eigenvalue weighted by Crippen LogP contribution is 2.46. The minimum absolute atomic E-state index is 0.169. The molecule has 0 unspecified atom stereocenters. The van der Waals surface area contributed by atoms with Crippen LogP contribution in [0.5, 0.6) is 0 Å². The van der Waals surface area contributed by atoms with Crippen LogP contribution in [0.4, 0.5) is 5.69 Å². The van der Waals surface area contributed by atoms with Crippen LogP contribution in [-0.2, 0) is 9.59 Å². The van der Waals surface area contributed by atoms with E-state index in [1.807, 2.05) is 14.1 Å². The molecule has 1 aliphatic rings. The molecule has 1 aromatic carbocycles. The normalized spacial score (nSPS) is 15.5. The number of nitrogens with one attached hydrogen (secondary N) is 2. The van der Waals surface area contributed by atoms with E-state index in [0.29, 0.717) is 30.1 Å². The van der Waals surface area contributed by atoms with Crippen LogP contribution in [0.3, 0.4) is 0 Å². The molecule has 2 rings (SSSR count). The smallest absolute Gasteiger partial charge is 0.240 e. The number of rotatable bonds is 7. The molecule has 1 saturated carbocycles. The Morgan fingerprint density at radius 1 is 1.18 bits per heavy atom. The van der Waals surface area contributed by atoms with E-state index >= 15 is 0 Å². The van der Waals surface area contributed by atoms with Crippen LogP contribution in [0, 0.1) is 5.41 Å². The molecule has 0 atom stereocenters. The van der Waals surface area contributed by atoms with Crippen LogP contribution in [0.1, 0.15) is 19.3 Å². The molecule has 0 aromatic heterocycles. The molecule has 0 heterocycles. The molecule has 0 radical (unpaired) electrons. The van der Waals surface area contributed by atoms with Crippen LogP contribution in [0.2, 0.25) is 5.02 Å². The number of carbonyl (C=O) groups is 2. The van der Waals surface area contributed by atoms with Gasteiger partial charge in [0.15, 0.2) is 0 Å². The highest BCUT2D eigenvalue weighted by atomic mass is 35.5. The zero-order valence-corrected chi connectivity index (χ0v) is 13.7. The molecule has 1 aliphatic carbocycles. The molecular weight excluding hydrogens is 302 g/mol. The largest absolute Gasteiger partial charge is 0.355 e. The van der Waals surface area contributed by atoms with Gasteiger partial charge in [0, 0.05) is 17.3 Å². The summed E-state index contributed by atoms with van der Waals surface area (Å²) in [6, 6.07) is 6.87.